The van der Waals surface area contributed by atoms with E-state index in [-0.39, 0.29) is 0 Å². The van der Waals surface area contributed by atoms with Crippen LogP contribution in [0.3, 0.4) is 0 Å². The SMILES string of the molecule is CCc1cnc(C(C)NCCCCCCO)s1. The molecule has 0 amide bonds. The van der Waals surface area contributed by atoms with Gasteiger partial charge in [-0.2, -0.15) is 0 Å². The molecule has 0 fully saturated rings. The van der Waals surface area contributed by atoms with Crippen molar-refractivity contribution in [2.24, 2.45) is 0 Å². The summed E-state index contributed by atoms with van der Waals surface area (Å²) in [5.41, 5.74) is 0. The summed E-state index contributed by atoms with van der Waals surface area (Å²) in [7, 11) is 0. The Kier molecular flexibility index (Phi) is 7.40. The first-order valence-corrected chi connectivity index (χ1v) is 7.38. The minimum absolute atomic E-state index is 0.322. The molecular formula is C13H24N2OS. The summed E-state index contributed by atoms with van der Waals surface area (Å²) < 4.78 is 0. The number of nitrogens with one attached hydrogen (secondary N) is 1. The molecule has 1 aromatic heterocycles. The Bertz CT molecular complexity index is 301. The van der Waals surface area contributed by atoms with Gasteiger partial charge in [-0.1, -0.05) is 19.8 Å². The molecule has 0 aromatic carbocycles. The van der Waals surface area contributed by atoms with Gasteiger partial charge in [0.25, 0.3) is 0 Å². The molecule has 0 bridgehead atoms. The number of aromatic nitrogens is 1. The third kappa shape index (κ3) is 5.61. The van der Waals surface area contributed by atoms with Gasteiger partial charge in [0.2, 0.25) is 0 Å². The highest BCUT2D eigenvalue weighted by Gasteiger charge is 2.08. The molecule has 2 N–H and O–H groups in total. The van der Waals surface area contributed by atoms with Crippen molar-refractivity contribution in [2.75, 3.05) is 13.2 Å². The summed E-state index contributed by atoms with van der Waals surface area (Å²) >= 11 is 1.81. The van der Waals surface area contributed by atoms with Crippen LogP contribution in [0.25, 0.3) is 0 Å². The van der Waals surface area contributed by atoms with Crippen molar-refractivity contribution in [3.8, 4) is 0 Å². The van der Waals surface area contributed by atoms with Gasteiger partial charge < -0.3 is 10.4 Å². The number of unbranched alkanes of at least 4 members (excludes halogenated alkanes) is 3. The molecule has 1 heterocycles. The lowest BCUT2D eigenvalue weighted by Gasteiger charge is -2.10. The lowest BCUT2D eigenvalue weighted by Crippen LogP contribution is -2.19. The van der Waals surface area contributed by atoms with Crippen molar-refractivity contribution >= 4 is 11.3 Å². The van der Waals surface area contributed by atoms with Gasteiger partial charge in [0.05, 0.1) is 6.04 Å². The van der Waals surface area contributed by atoms with Gasteiger partial charge in [-0.05, 0) is 32.7 Å². The molecule has 0 aliphatic heterocycles. The van der Waals surface area contributed by atoms with Crippen molar-refractivity contribution in [1.82, 2.24) is 10.3 Å². The van der Waals surface area contributed by atoms with Crippen LogP contribution in [0.5, 0.6) is 0 Å². The summed E-state index contributed by atoms with van der Waals surface area (Å²) in [6.07, 6.45) is 7.49. The maximum atomic E-state index is 8.66. The van der Waals surface area contributed by atoms with Crippen LogP contribution in [0.1, 0.15) is 55.5 Å². The minimum Gasteiger partial charge on any atom is -0.396 e. The van der Waals surface area contributed by atoms with Crippen molar-refractivity contribution in [3.63, 3.8) is 0 Å². The van der Waals surface area contributed by atoms with Crippen molar-refractivity contribution in [3.05, 3.63) is 16.1 Å². The largest absolute Gasteiger partial charge is 0.396 e. The summed E-state index contributed by atoms with van der Waals surface area (Å²) in [4.78, 5) is 5.80. The quantitative estimate of drug-likeness (QED) is 0.668. The van der Waals surface area contributed by atoms with Crippen LogP contribution in [0.15, 0.2) is 6.20 Å². The van der Waals surface area contributed by atoms with Crippen LogP contribution in [-0.4, -0.2) is 23.2 Å². The van der Waals surface area contributed by atoms with Gasteiger partial charge in [0.15, 0.2) is 0 Å². The predicted octanol–water partition coefficient (Wildman–Crippen LogP) is 2.91. The number of nitrogens with zero attached hydrogens (tertiary/aromatic N) is 1. The smallest absolute Gasteiger partial charge is 0.109 e. The summed E-state index contributed by atoms with van der Waals surface area (Å²) in [5.74, 6) is 0. The Morgan fingerprint density at radius 2 is 2.12 bits per heavy atom. The third-order valence-electron chi connectivity index (χ3n) is 2.83. The van der Waals surface area contributed by atoms with E-state index < -0.39 is 0 Å². The standard InChI is InChI=1S/C13H24N2OS/c1-3-12-10-15-13(17-12)11(2)14-8-6-4-5-7-9-16/h10-11,14,16H,3-9H2,1-2H3. The summed E-state index contributed by atoms with van der Waals surface area (Å²) in [5, 5.41) is 13.4. The molecule has 3 nitrogen and oxygen atoms in total. The highest BCUT2D eigenvalue weighted by molar-refractivity contribution is 7.11. The van der Waals surface area contributed by atoms with E-state index in [2.05, 4.69) is 24.1 Å². The Morgan fingerprint density at radius 1 is 1.35 bits per heavy atom. The molecule has 17 heavy (non-hydrogen) atoms. The molecule has 0 spiro atoms. The first-order chi connectivity index (χ1) is 8.27. The van der Waals surface area contributed by atoms with Crippen molar-refractivity contribution < 1.29 is 5.11 Å². The van der Waals surface area contributed by atoms with Crippen molar-refractivity contribution in [1.29, 1.82) is 0 Å². The van der Waals surface area contributed by atoms with Crippen LogP contribution in [0.2, 0.25) is 0 Å². The number of thiazole rings is 1. The van der Waals surface area contributed by atoms with E-state index in [9.17, 15) is 0 Å². The highest BCUT2D eigenvalue weighted by atomic mass is 32.1. The second kappa shape index (κ2) is 8.61. The topological polar surface area (TPSA) is 45.2 Å². The molecular weight excluding hydrogens is 232 g/mol. The van der Waals surface area contributed by atoms with E-state index >= 15 is 0 Å². The molecule has 0 radical (unpaired) electrons. The molecule has 4 heteroatoms. The molecule has 0 saturated heterocycles. The molecule has 0 aliphatic rings. The van der Waals surface area contributed by atoms with E-state index in [1.54, 1.807) is 11.3 Å². The third-order valence-corrected chi connectivity index (χ3v) is 4.15. The lowest BCUT2D eigenvalue weighted by molar-refractivity contribution is 0.282. The lowest BCUT2D eigenvalue weighted by atomic mass is 10.2. The van der Waals surface area contributed by atoms with E-state index in [1.165, 1.54) is 22.7 Å². The van der Waals surface area contributed by atoms with E-state index in [0.29, 0.717) is 12.6 Å². The van der Waals surface area contributed by atoms with Crippen LogP contribution >= 0.6 is 11.3 Å². The molecule has 1 aromatic rings. The number of rotatable bonds is 9. The monoisotopic (exact) mass is 256 g/mol. The first-order valence-electron chi connectivity index (χ1n) is 6.56. The zero-order chi connectivity index (χ0) is 12.5. The highest BCUT2D eigenvalue weighted by Crippen LogP contribution is 2.20. The van der Waals surface area contributed by atoms with Gasteiger partial charge in [-0.25, -0.2) is 4.98 Å². The Labute approximate surface area is 108 Å². The predicted molar refractivity (Wildman–Crippen MR) is 73.5 cm³/mol. The number of aliphatic hydroxyl groups excluding tert-OH is 1. The second-order valence-corrected chi connectivity index (χ2v) is 5.48. The number of aliphatic hydroxyl groups is 1. The molecule has 1 atom stereocenters. The van der Waals surface area contributed by atoms with Crippen LogP contribution < -0.4 is 5.32 Å². The minimum atomic E-state index is 0.322. The number of hydrogen-bond donors (Lipinski definition) is 2. The fraction of sp³-hybridized carbons (Fsp3) is 0.769. The first kappa shape index (κ1) is 14.6. The van der Waals surface area contributed by atoms with Crippen molar-refractivity contribution in [2.45, 2.75) is 52.0 Å². The Hall–Kier alpha value is -0.450. The van der Waals surface area contributed by atoms with Gasteiger partial charge in [0.1, 0.15) is 5.01 Å². The van der Waals surface area contributed by atoms with Gasteiger partial charge in [0, 0.05) is 17.7 Å². The van der Waals surface area contributed by atoms with Gasteiger partial charge in [-0.15, -0.1) is 11.3 Å². The maximum Gasteiger partial charge on any atom is 0.109 e. The average molecular weight is 256 g/mol. The fourth-order valence-corrected chi connectivity index (χ4v) is 2.57. The Balaban J connectivity index is 2.14. The van der Waals surface area contributed by atoms with Crippen LogP contribution in [0.4, 0.5) is 0 Å². The second-order valence-electron chi connectivity index (χ2n) is 4.33. The normalized spacial score (nSPS) is 12.9. The molecule has 98 valence electrons. The molecule has 1 rings (SSSR count). The molecule has 1 unspecified atom stereocenters. The van der Waals surface area contributed by atoms with Gasteiger partial charge >= 0.3 is 0 Å². The fourth-order valence-electron chi connectivity index (χ4n) is 1.68. The van der Waals surface area contributed by atoms with Gasteiger partial charge in [-0.3, -0.25) is 0 Å². The molecule has 0 saturated carbocycles. The number of hydrogen-bond acceptors (Lipinski definition) is 4. The zero-order valence-electron chi connectivity index (χ0n) is 10.9. The Morgan fingerprint density at radius 3 is 2.76 bits per heavy atom. The maximum absolute atomic E-state index is 8.66. The number of aryl methyl sites for hydroxylation is 1. The van der Waals surface area contributed by atoms with E-state index in [1.807, 2.05) is 6.20 Å². The van der Waals surface area contributed by atoms with Crippen LogP contribution in [-0.2, 0) is 6.42 Å². The van der Waals surface area contributed by atoms with Crippen LogP contribution in [0, 0.1) is 0 Å². The average Bonchev–Trinajstić information content (AvgIpc) is 2.82. The summed E-state index contributed by atoms with van der Waals surface area (Å²) in [6, 6.07) is 0.359. The molecule has 0 aliphatic carbocycles. The summed E-state index contributed by atoms with van der Waals surface area (Å²) in [6.45, 7) is 5.69. The van der Waals surface area contributed by atoms with E-state index in [0.717, 1.165) is 25.8 Å². The zero-order valence-corrected chi connectivity index (χ0v) is 11.7. The van der Waals surface area contributed by atoms with E-state index in [4.69, 9.17) is 5.11 Å².